The Morgan fingerprint density at radius 2 is 2.11 bits per heavy atom. The fourth-order valence-electron chi connectivity index (χ4n) is 2.16. The van der Waals surface area contributed by atoms with Crippen molar-refractivity contribution in [1.82, 2.24) is 4.98 Å². The van der Waals surface area contributed by atoms with E-state index in [9.17, 15) is 4.79 Å². The van der Waals surface area contributed by atoms with Gasteiger partial charge in [-0.25, -0.2) is 9.78 Å². The predicted molar refractivity (Wildman–Crippen MR) is 73.2 cm³/mol. The van der Waals surface area contributed by atoms with Gasteiger partial charge in [-0.2, -0.15) is 0 Å². The molecule has 0 saturated heterocycles. The highest BCUT2D eigenvalue weighted by atomic mass is 32.1. The third-order valence-corrected chi connectivity index (χ3v) is 4.11. The van der Waals surface area contributed by atoms with Gasteiger partial charge in [-0.05, 0) is 18.6 Å². The molecule has 0 atom stereocenters. The van der Waals surface area contributed by atoms with E-state index >= 15 is 0 Å². The van der Waals surface area contributed by atoms with E-state index in [1.807, 2.05) is 31.2 Å². The molecule has 0 aliphatic rings. The lowest BCUT2D eigenvalue weighted by Gasteiger charge is -2.03. The van der Waals surface area contributed by atoms with Crippen molar-refractivity contribution in [2.24, 2.45) is 0 Å². The van der Waals surface area contributed by atoms with Crippen LogP contribution in [0.3, 0.4) is 0 Å². The molecule has 0 radical (unpaired) electrons. The Labute approximate surface area is 107 Å². The summed E-state index contributed by atoms with van der Waals surface area (Å²) >= 11 is 1.13. The van der Waals surface area contributed by atoms with Crippen molar-refractivity contribution in [2.45, 2.75) is 6.92 Å². The molecule has 18 heavy (non-hydrogen) atoms. The molecule has 1 aromatic carbocycles. The van der Waals surface area contributed by atoms with Gasteiger partial charge in [-0.15, -0.1) is 11.3 Å². The summed E-state index contributed by atoms with van der Waals surface area (Å²) < 4.78 is 0. The summed E-state index contributed by atoms with van der Waals surface area (Å²) in [6.07, 6.45) is 0. The Bertz CT molecular complexity index is 792. The lowest BCUT2D eigenvalue weighted by atomic mass is 10.1. The van der Waals surface area contributed by atoms with Gasteiger partial charge in [0.1, 0.15) is 9.71 Å². The molecule has 5 heteroatoms. The molecule has 0 aliphatic carbocycles. The van der Waals surface area contributed by atoms with Crippen LogP contribution in [0.1, 0.15) is 15.2 Å². The topological polar surface area (TPSA) is 76.2 Å². The second-order valence-electron chi connectivity index (χ2n) is 4.08. The van der Waals surface area contributed by atoms with E-state index in [-0.39, 0.29) is 4.88 Å². The number of hydrogen-bond donors (Lipinski definition) is 2. The van der Waals surface area contributed by atoms with Crippen LogP contribution < -0.4 is 5.73 Å². The first kappa shape index (κ1) is 11.0. The van der Waals surface area contributed by atoms with Crippen molar-refractivity contribution in [2.75, 3.05) is 5.73 Å². The minimum atomic E-state index is -1.00. The molecule has 4 nitrogen and oxygen atoms in total. The number of nitrogen functional groups attached to an aromatic ring is 1. The molecule has 90 valence electrons. The Balaban J connectivity index is 2.53. The third kappa shape index (κ3) is 1.37. The summed E-state index contributed by atoms with van der Waals surface area (Å²) in [6.45, 7) is 1.95. The van der Waals surface area contributed by atoms with Gasteiger partial charge in [0, 0.05) is 10.8 Å². The molecule has 3 rings (SSSR count). The van der Waals surface area contributed by atoms with Crippen LogP contribution in [-0.2, 0) is 0 Å². The number of carboxylic acids is 1. The number of carboxylic acid groups (broad SMARTS) is 1. The van der Waals surface area contributed by atoms with Crippen LogP contribution in [0.4, 0.5) is 5.69 Å². The van der Waals surface area contributed by atoms with Gasteiger partial charge in [0.2, 0.25) is 0 Å². The van der Waals surface area contributed by atoms with Gasteiger partial charge in [0.15, 0.2) is 0 Å². The summed E-state index contributed by atoms with van der Waals surface area (Å²) in [5.74, 6) is -1.00. The van der Waals surface area contributed by atoms with E-state index in [0.29, 0.717) is 10.5 Å². The number of rotatable bonds is 1. The first-order chi connectivity index (χ1) is 8.59. The number of thiophene rings is 1. The lowest BCUT2D eigenvalue weighted by Crippen LogP contribution is -1.97. The van der Waals surface area contributed by atoms with Crippen molar-refractivity contribution in [3.8, 4) is 0 Å². The number of aryl methyl sites for hydroxylation is 1. The SMILES string of the molecule is Cc1c2ccccc2nc2sc(C(=O)O)c(N)c12. The fraction of sp³-hybridized carbons (Fsp3) is 0.0769. The monoisotopic (exact) mass is 258 g/mol. The number of benzene rings is 1. The Morgan fingerprint density at radius 3 is 2.83 bits per heavy atom. The number of carbonyl (C=O) groups is 1. The highest BCUT2D eigenvalue weighted by Crippen LogP contribution is 2.37. The van der Waals surface area contributed by atoms with Crippen LogP contribution in [0.15, 0.2) is 24.3 Å². The molecule has 0 amide bonds. The van der Waals surface area contributed by atoms with Crippen molar-refractivity contribution in [3.63, 3.8) is 0 Å². The lowest BCUT2D eigenvalue weighted by molar-refractivity contribution is 0.0703. The van der Waals surface area contributed by atoms with Crippen LogP contribution in [0.5, 0.6) is 0 Å². The normalized spacial score (nSPS) is 11.2. The van der Waals surface area contributed by atoms with Crippen molar-refractivity contribution in [3.05, 3.63) is 34.7 Å². The standard InChI is InChI=1S/C13H10N2O2S/c1-6-7-4-2-3-5-8(7)15-12-9(6)10(14)11(18-12)13(16)17/h2-5H,14H2,1H3,(H,16,17). The summed E-state index contributed by atoms with van der Waals surface area (Å²) in [7, 11) is 0. The van der Waals surface area contributed by atoms with Crippen LogP contribution in [0.25, 0.3) is 21.1 Å². The minimum absolute atomic E-state index is 0.163. The number of aromatic carboxylic acids is 1. The Kier molecular flexibility index (Phi) is 2.24. The molecule has 0 unspecified atom stereocenters. The zero-order valence-electron chi connectivity index (χ0n) is 9.60. The first-order valence-electron chi connectivity index (χ1n) is 5.40. The zero-order chi connectivity index (χ0) is 12.9. The summed E-state index contributed by atoms with van der Waals surface area (Å²) in [5.41, 5.74) is 8.08. The molecule has 3 N–H and O–H groups in total. The molecular formula is C13H10N2O2S. The van der Waals surface area contributed by atoms with Gasteiger partial charge < -0.3 is 10.8 Å². The van der Waals surface area contributed by atoms with Crippen LogP contribution in [0, 0.1) is 6.92 Å². The van der Waals surface area contributed by atoms with Gasteiger partial charge >= 0.3 is 5.97 Å². The van der Waals surface area contributed by atoms with Crippen LogP contribution in [0.2, 0.25) is 0 Å². The summed E-state index contributed by atoms with van der Waals surface area (Å²) in [6, 6.07) is 7.73. The maximum absolute atomic E-state index is 11.1. The predicted octanol–water partition coefficient (Wildman–Crippen LogP) is 3.04. The Hall–Kier alpha value is -2.14. The number of fused-ring (bicyclic) bond motifs is 2. The Morgan fingerprint density at radius 1 is 1.39 bits per heavy atom. The van der Waals surface area contributed by atoms with E-state index in [2.05, 4.69) is 4.98 Å². The highest BCUT2D eigenvalue weighted by Gasteiger charge is 2.18. The van der Waals surface area contributed by atoms with Crippen molar-refractivity contribution in [1.29, 1.82) is 0 Å². The zero-order valence-corrected chi connectivity index (χ0v) is 10.4. The molecule has 0 saturated carbocycles. The van der Waals surface area contributed by atoms with Gasteiger partial charge in [0.25, 0.3) is 0 Å². The number of anilines is 1. The quantitative estimate of drug-likeness (QED) is 0.703. The van der Waals surface area contributed by atoms with Gasteiger partial charge in [0.05, 0.1) is 11.2 Å². The minimum Gasteiger partial charge on any atom is -0.477 e. The first-order valence-corrected chi connectivity index (χ1v) is 6.22. The number of nitrogens with zero attached hydrogens (tertiary/aromatic N) is 1. The molecule has 0 aliphatic heterocycles. The average molecular weight is 258 g/mol. The number of hydrogen-bond acceptors (Lipinski definition) is 4. The highest BCUT2D eigenvalue weighted by molar-refractivity contribution is 7.21. The largest absolute Gasteiger partial charge is 0.477 e. The van der Waals surface area contributed by atoms with E-state index in [1.54, 1.807) is 0 Å². The second kappa shape index (κ2) is 3.68. The third-order valence-electron chi connectivity index (χ3n) is 3.03. The summed E-state index contributed by atoms with van der Waals surface area (Å²) in [4.78, 5) is 16.4. The number of para-hydroxylation sites is 1. The van der Waals surface area contributed by atoms with Gasteiger partial charge in [-0.1, -0.05) is 18.2 Å². The van der Waals surface area contributed by atoms with Crippen LogP contribution in [-0.4, -0.2) is 16.1 Å². The molecule has 0 spiro atoms. The van der Waals surface area contributed by atoms with Gasteiger partial charge in [-0.3, -0.25) is 0 Å². The van der Waals surface area contributed by atoms with E-state index in [4.69, 9.17) is 10.8 Å². The average Bonchev–Trinajstić information content (AvgIpc) is 2.67. The van der Waals surface area contributed by atoms with Crippen molar-refractivity contribution < 1.29 is 9.90 Å². The molecule has 0 fully saturated rings. The molecule has 3 aromatic rings. The fourth-order valence-corrected chi connectivity index (χ4v) is 3.17. The molecule has 2 heterocycles. The maximum Gasteiger partial charge on any atom is 0.348 e. The van der Waals surface area contributed by atoms with E-state index in [1.165, 1.54) is 0 Å². The molecular weight excluding hydrogens is 248 g/mol. The number of nitrogens with two attached hydrogens (primary N) is 1. The maximum atomic E-state index is 11.1. The molecule has 2 aromatic heterocycles. The number of pyridine rings is 1. The van der Waals surface area contributed by atoms with Crippen molar-refractivity contribution >= 4 is 44.1 Å². The summed E-state index contributed by atoms with van der Waals surface area (Å²) in [5, 5.41) is 10.9. The number of aromatic nitrogens is 1. The van der Waals surface area contributed by atoms with Crippen LogP contribution >= 0.6 is 11.3 Å². The van der Waals surface area contributed by atoms with E-state index < -0.39 is 5.97 Å². The molecule has 0 bridgehead atoms. The smallest absolute Gasteiger partial charge is 0.348 e. The second-order valence-corrected chi connectivity index (χ2v) is 5.08. The van der Waals surface area contributed by atoms with E-state index in [0.717, 1.165) is 33.2 Å².